The molecule has 1 aromatic carbocycles. The normalized spacial score (nSPS) is 32.0. The lowest BCUT2D eigenvalue weighted by Gasteiger charge is -2.41. The lowest BCUT2D eigenvalue weighted by molar-refractivity contribution is 0.0603. The third-order valence-electron chi connectivity index (χ3n) is 4.96. The van der Waals surface area contributed by atoms with E-state index >= 15 is 0 Å². The maximum Gasteiger partial charge on any atom is 0.161 e. The molecule has 21 heavy (non-hydrogen) atoms. The Morgan fingerprint density at radius 3 is 2.71 bits per heavy atom. The number of aliphatic hydroxyl groups excluding tert-OH is 1. The van der Waals surface area contributed by atoms with E-state index in [9.17, 15) is 5.11 Å². The molecule has 0 amide bonds. The summed E-state index contributed by atoms with van der Waals surface area (Å²) in [4.78, 5) is 2.27. The first kappa shape index (κ1) is 14.4. The van der Waals surface area contributed by atoms with Gasteiger partial charge in [0.2, 0.25) is 0 Å². The zero-order chi connectivity index (χ0) is 15.0. The minimum Gasteiger partial charge on any atom is -0.493 e. The highest BCUT2D eigenvalue weighted by Gasteiger charge is 2.50. The Kier molecular flexibility index (Phi) is 3.68. The standard InChI is InChI=1S/C17H23NO3/c1-18-10-9-17(8-4-5-13(19)16(17)18)12-6-7-14(20-2)15(11-12)21-3/h4,6-8,11,13,16,19H,5,9-10H2,1-3H3/t13?,16?,17-/m0/s1. The van der Waals surface area contributed by atoms with Crippen LogP contribution in [0.4, 0.5) is 0 Å². The zero-order valence-electron chi connectivity index (χ0n) is 12.9. The van der Waals surface area contributed by atoms with Crippen LogP contribution in [0.3, 0.4) is 0 Å². The molecule has 0 radical (unpaired) electrons. The molecule has 1 aromatic rings. The molecule has 3 rings (SSSR count). The summed E-state index contributed by atoms with van der Waals surface area (Å²) in [6, 6.07) is 6.22. The molecular weight excluding hydrogens is 266 g/mol. The molecule has 4 heteroatoms. The SMILES string of the molecule is COc1ccc([C@@]23C=CCC(O)C2N(C)CC3)cc1OC. The molecule has 4 nitrogen and oxygen atoms in total. The second-order valence-electron chi connectivity index (χ2n) is 5.99. The summed E-state index contributed by atoms with van der Waals surface area (Å²) in [6.07, 6.45) is 5.79. The van der Waals surface area contributed by atoms with E-state index in [2.05, 4.69) is 30.2 Å². The van der Waals surface area contributed by atoms with E-state index in [1.54, 1.807) is 14.2 Å². The van der Waals surface area contributed by atoms with Crippen molar-refractivity contribution in [2.75, 3.05) is 27.8 Å². The van der Waals surface area contributed by atoms with Crippen LogP contribution < -0.4 is 9.47 Å². The van der Waals surface area contributed by atoms with Crippen molar-refractivity contribution >= 4 is 0 Å². The number of aliphatic hydroxyl groups is 1. The Morgan fingerprint density at radius 2 is 2.00 bits per heavy atom. The summed E-state index contributed by atoms with van der Waals surface area (Å²) in [5.41, 5.74) is 1.05. The van der Waals surface area contributed by atoms with Gasteiger partial charge in [-0.25, -0.2) is 0 Å². The van der Waals surface area contributed by atoms with E-state index < -0.39 is 0 Å². The number of fused-ring (bicyclic) bond motifs is 1. The Morgan fingerprint density at radius 1 is 1.24 bits per heavy atom. The highest BCUT2D eigenvalue weighted by molar-refractivity contribution is 5.48. The van der Waals surface area contributed by atoms with E-state index in [1.165, 1.54) is 5.56 Å². The van der Waals surface area contributed by atoms with Crippen LogP contribution in [-0.2, 0) is 5.41 Å². The van der Waals surface area contributed by atoms with Gasteiger partial charge in [-0.3, -0.25) is 4.90 Å². The van der Waals surface area contributed by atoms with Gasteiger partial charge < -0.3 is 14.6 Å². The van der Waals surface area contributed by atoms with Crippen LogP contribution in [0.25, 0.3) is 0 Å². The van der Waals surface area contributed by atoms with Gasteiger partial charge in [0.25, 0.3) is 0 Å². The number of ether oxygens (including phenoxy) is 2. The molecule has 1 saturated heterocycles. The van der Waals surface area contributed by atoms with Crippen molar-refractivity contribution in [1.29, 1.82) is 0 Å². The smallest absolute Gasteiger partial charge is 0.161 e. The molecule has 0 saturated carbocycles. The number of nitrogens with zero attached hydrogens (tertiary/aromatic N) is 1. The fraction of sp³-hybridized carbons (Fsp3) is 0.529. The average Bonchev–Trinajstić information content (AvgIpc) is 2.86. The minimum atomic E-state index is -0.324. The molecule has 2 aliphatic rings. The largest absolute Gasteiger partial charge is 0.493 e. The van der Waals surface area contributed by atoms with E-state index in [0.29, 0.717) is 0 Å². The first-order chi connectivity index (χ1) is 10.1. The second kappa shape index (κ2) is 5.35. The molecule has 2 unspecified atom stereocenters. The van der Waals surface area contributed by atoms with Gasteiger partial charge in [0, 0.05) is 11.5 Å². The van der Waals surface area contributed by atoms with Gasteiger partial charge in [-0.05, 0) is 44.1 Å². The molecule has 0 aromatic heterocycles. The monoisotopic (exact) mass is 289 g/mol. The third-order valence-corrected chi connectivity index (χ3v) is 4.96. The van der Waals surface area contributed by atoms with Crippen LogP contribution >= 0.6 is 0 Å². The van der Waals surface area contributed by atoms with Gasteiger partial charge in [0.15, 0.2) is 11.5 Å². The van der Waals surface area contributed by atoms with Crippen molar-refractivity contribution in [1.82, 2.24) is 4.90 Å². The van der Waals surface area contributed by atoms with Crippen molar-refractivity contribution in [3.8, 4) is 11.5 Å². The predicted octanol–water partition coefficient (Wildman–Crippen LogP) is 1.97. The first-order valence-electron chi connectivity index (χ1n) is 7.41. The maximum atomic E-state index is 10.5. The summed E-state index contributed by atoms with van der Waals surface area (Å²) in [5, 5.41) is 10.5. The highest BCUT2D eigenvalue weighted by atomic mass is 16.5. The van der Waals surface area contributed by atoms with Crippen molar-refractivity contribution in [2.24, 2.45) is 0 Å². The van der Waals surface area contributed by atoms with Crippen LogP contribution in [-0.4, -0.2) is 50.0 Å². The lowest BCUT2D eigenvalue weighted by Crippen LogP contribution is -2.49. The minimum absolute atomic E-state index is 0.126. The van der Waals surface area contributed by atoms with Crippen molar-refractivity contribution in [3.05, 3.63) is 35.9 Å². The summed E-state index contributed by atoms with van der Waals surface area (Å²) in [7, 11) is 5.39. The number of methoxy groups -OCH3 is 2. The molecule has 114 valence electrons. The summed E-state index contributed by atoms with van der Waals surface area (Å²) in [6.45, 7) is 0.987. The van der Waals surface area contributed by atoms with Crippen molar-refractivity contribution < 1.29 is 14.6 Å². The average molecular weight is 289 g/mol. The van der Waals surface area contributed by atoms with E-state index in [-0.39, 0.29) is 17.6 Å². The van der Waals surface area contributed by atoms with Crippen LogP contribution in [0.15, 0.2) is 30.4 Å². The Balaban J connectivity index is 2.09. The quantitative estimate of drug-likeness (QED) is 0.864. The Bertz CT molecular complexity index is 557. The molecule has 1 fully saturated rings. The number of hydrogen-bond acceptors (Lipinski definition) is 4. The van der Waals surface area contributed by atoms with Crippen molar-refractivity contribution in [3.63, 3.8) is 0 Å². The third kappa shape index (κ3) is 2.14. The maximum absolute atomic E-state index is 10.5. The van der Waals surface area contributed by atoms with Crippen LogP contribution in [0.1, 0.15) is 18.4 Å². The predicted molar refractivity (Wildman–Crippen MR) is 82.0 cm³/mol. The number of benzene rings is 1. The van der Waals surface area contributed by atoms with Crippen LogP contribution in [0.5, 0.6) is 11.5 Å². The van der Waals surface area contributed by atoms with E-state index in [4.69, 9.17) is 9.47 Å². The molecule has 1 N–H and O–H groups in total. The zero-order valence-corrected chi connectivity index (χ0v) is 12.9. The van der Waals surface area contributed by atoms with Gasteiger partial charge >= 0.3 is 0 Å². The lowest BCUT2D eigenvalue weighted by atomic mass is 9.69. The van der Waals surface area contributed by atoms with Crippen LogP contribution in [0.2, 0.25) is 0 Å². The Hall–Kier alpha value is -1.52. The number of likely N-dealkylation sites (tertiary alicyclic amines) is 1. The number of rotatable bonds is 3. The summed E-state index contributed by atoms with van der Waals surface area (Å²) < 4.78 is 10.8. The van der Waals surface area contributed by atoms with E-state index in [1.807, 2.05) is 12.1 Å². The van der Waals surface area contributed by atoms with E-state index in [0.717, 1.165) is 30.9 Å². The van der Waals surface area contributed by atoms with Gasteiger partial charge in [-0.1, -0.05) is 18.2 Å². The van der Waals surface area contributed by atoms with Gasteiger partial charge in [-0.15, -0.1) is 0 Å². The summed E-state index contributed by atoms with van der Waals surface area (Å²) in [5.74, 6) is 1.48. The summed E-state index contributed by atoms with van der Waals surface area (Å²) >= 11 is 0. The fourth-order valence-electron chi connectivity index (χ4n) is 3.94. The Labute approximate surface area is 126 Å². The molecule has 0 bridgehead atoms. The molecule has 1 aliphatic heterocycles. The van der Waals surface area contributed by atoms with Gasteiger partial charge in [0.1, 0.15) is 0 Å². The van der Waals surface area contributed by atoms with Crippen LogP contribution in [0, 0.1) is 0 Å². The molecule has 1 aliphatic carbocycles. The fourth-order valence-corrected chi connectivity index (χ4v) is 3.94. The van der Waals surface area contributed by atoms with Crippen molar-refractivity contribution in [2.45, 2.75) is 30.4 Å². The molecule has 0 spiro atoms. The number of hydrogen-bond donors (Lipinski definition) is 1. The first-order valence-corrected chi connectivity index (χ1v) is 7.41. The van der Waals surface area contributed by atoms with Gasteiger partial charge in [-0.2, -0.15) is 0 Å². The highest BCUT2D eigenvalue weighted by Crippen LogP contribution is 2.47. The molecule has 1 heterocycles. The van der Waals surface area contributed by atoms with Gasteiger partial charge in [0.05, 0.1) is 20.3 Å². The molecule has 3 atom stereocenters. The topological polar surface area (TPSA) is 41.9 Å². The number of likely N-dealkylation sites (N-methyl/N-ethyl adjacent to an activating group) is 1. The molecular formula is C17H23NO3. The second-order valence-corrected chi connectivity index (χ2v) is 5.99.